The molecule has 0 amide bonds. The van der Waals surface area contributed by atoms with Gasteiger partial charge in [0.25, 0.3) is 5.56 Å². The summed E-state index contributed by atoms with van der Waals surface area (Å²) in [7, 11) is 0. The summed E-state index contributed by atoms with van der Waals surface area (Å²) >= 11 is 6.42. The van der Waals surface area contributed by atoms with E-state index < -0.39 is 5.97 Å². The van der Waals surface area contributed by atoms with E-state index in [2.05, 4.69) is 40.8 Å². The van der Waals surface area contributed by atoms with Crippen LogP contribution >= 0.6 is 11.6 Å². The zero-order valence-corrected chi connectivity index (χ0v) is 17.7. The van der Waals surface area contributed by atoms with Crippen LogP contribution in [0.2, 0.25) is 0 Å². The molecule has 30 heavy (non-hydrogen) atoms. The van der Waals surface area contributed by atoms with Gasteiger partial charge in [-0.3, -0.25) is 4.79 Å². The lowest BCUT2D eigenvalue weighted by Crippen LogP contribution is -2.24. The Morgan fingerprint density at radius 2 is 1.80 bits per heavy atom. The van der Waals surface area contributed by atoms with Gasteiger partial charge in [0, 0.05) is 18.8 Å². The summed E-state index contributed by atoms with van der Waals surface area (Å²) in [6.45, 7) is 6.33. The highest BCUT2D eigenvalue weighted by Crippen LogP contribution is 2.23. The van der Waals surface area contributed by atoms with Gasteiger partial charge in [-0.05, 0) is 54.8 Å². The average molecular weight is 426 g/mol. The molecule has 0 radical (unpaired) electrons. The van der Waals surface area contributed by atoms with Crippen LogP contribution in [0, 0.1) is 0 Å². The Morgan fingerprint density at radius 3 is 2.40 bits per heavy atom. The number of nitrogens with zero attached hydrogens (tertiary/aromatic N) is 2. The highest BCUT2D eigenvalue weighted by atomic mass is 35.5. The maximum atomic E-state index is 12.3. The van der Waals surface area contributed by atoms with Crippen molar-refractivity contribution < 1.29 is 9.90 Å². The molecule has 3 aromatic rings. The molecular formula is C23H24ClN3O3. The van der Waals surface area contributed by atoms with E-state index in [0.29, 0.717) is 5.39 Å². The Bertz CT molecular complexity index is 1130. The van der Waals surface area contributed by atoms with E-state index >= 15 is 0 Å². The number of hydrogen-bond acceptors (Lipinski definition) is 4. The number of H-pyrrole nitrogens is 1. The number of carboxylic acids is 1. The third-order valence-electron chi connectivity index (χ3n) is 4.72. The minimum atomic E-state index is -1.08. The van der Waals surface area contributed by atoms with Crippen LogP contribution in [0.4, 0.5) is 5.69 Å². The first-order chi connectivity index (χ1) is 14.4. The van der Waals surface area contributed by atoms with Gasteiger partial charge in [0.2, 0.25) is 0 Å². The molecule has 0 fully saturated rings. The number of nitrogens with one attached hydrogen (secondary N) is 1. The van der Waals surface area contributed by atoms with Crippen molar-refractivity contribution in [2.45, 2.75) is 26.7 Å². The molecule has 1 aromatic heterocycles. The predicted octanol–water partition coefficient (Wildman–Crippen LogP) is 4.98. The number of carbonyl (C=O) groups is 1. The van der Waals surface area contributed by atoms with Gasteiger partial charge in [-0.15, -0.1) is 0 Å². The molecule has 0 unspecified atom stereocenters. The predicted molar refractivity (Wildman–Crippen MR) is 122 cm³/mol. The molecule has 0 aliphatic carbocycles. The first-order valence-corrected chi connectivity index (χ1v) is 10.3. The third-order valence-corrected chi connectivity index (χ3v) is 5.01. The lowest BCUT2D eigenvalue weighted by molar-refractivity contribution is 0.0697. The zero-order chi connectivity index (χ0) is 21.7. The maximum Gasteiger partial charge on any atom is 0.335 e. The van der Waals surface area contributed by atoms with Gasteiger partial charge in [0.1, 0.15) is 0 Å². The molecule has 0 atom stereocenters. The second kappa shape index (κ2) is 9.59. The standard InChI is InChI=1S/C23H24ClN3O3/c1-3-11-27(12-4-2)17-8-5-15(6-9-17)13-19(24)21-25-20-14-16(23(29)30)7-10-18(20)22(28)26-21/h5-10,13-14H,3-4,11-12H2,1-2H3,(H,29,30)(H,25,26,28)/b19-13-. The summed E-state index contributed by atoms with van der Waals surface area (Å²) in [6, 6.07) is 12.2. The zero-order valence-electron chi connectivity index (χ0n) is 17.0. The normalized spacial score (nSPS) is 11.6. The van der Waals surface area contributed by atoms with Crippen molar-refractivity contribution in [1.29, 1.82) is 0 Å². The van der Waals surface area contributed by atoms with Crippen molar-refractivity contribution in [3.8, 4) is 0 Å². The fourth-order valence-corrected chi connectivity index (χ4v) is 3.51. The van der Waals surface area contributed by atoms with E-state index in [1.807, 2.05) is 12.1 Å². The summed E-state index contributed by atoms with van der Waals surface area (Å²) in [6.07, 6.45) is 3.89. The summed E-state index contributed by atoms with van der Waals surface area (Å²) < 4.78 is 0. The number of hydrogen-bond donors (Lipinski definition) is 2. The molecule has 0 bridgehead atoms. The Morgan fingerprint density at radius 1 is 1.13 bits per heavy atom. The molecule has 7 heteroatoms. The third kappa shape index (κ3) is 4.89. The largest absolute Gasteiger partial charge is 0.478 e. The number of carboxylic acid groups (broad SMARTS) is 1. The Hall–Kier alpha value is -3.12. The average Bonchev–Trinajstić information content (AvgIpc) is 2.73. The Kier molecular flexibility index (Phi) is 6.90. The first-order valence-electron chi connectivity index (χ1n) is 9.93. The molecule has 0 saturated heterocycles. The second-order valence-corrected chi connectivity index (χ2v) is 7.43. The summed E-state index contributed by atoms with van der Waals surface area (Å²) in [5, 5.41) is 9.74. The fraction of sp³-hybridized carbons (Fsp3) is 0.261. The minimum absolute atomic E-state index is 0.0611. The number of aromatic carboxylic acids is 1. The monoisotopic (exact) mass is 425 g/mol. The minimum Gasteiger partial charge on any atom is -0.478 e. The quantitative estimate of drug-likeness (QED) is 0.531. The Balaban J connectivity index is 1.91. The van der Waals surface area contributed by atoms with Gasteiger partial charge in [-0.1, -0.05) is 37.6 Å². The van der Waals surface area contributed by atoms with E-state index in [4.69, 9.17) is 16.7 Å². The van der Waals surface area contributed by atoms with Crippen molar-refractivity contribution in [1.82, 2.24) is 9.97 Å². The molecule has 0 aliphatic heterocycles. The van der Waals surface area contributed by atoms with E-state index in [1.54, 1.807) is 6.08 Å². The van der Waals surface area contributed by atoms with Crippen LogP contribution in [0.25, 0.3) is 22.0 Å². The number of aromatic amines is 1. The van der Waals surface area contributed by atoms with Crippen LogP contribution in [0.1, 0.15) is 48.4 Å². The smallest absolute Gasteiger partial charge is 0.335 e. The number of anilines is 1. The second-order valence-electron chi connectivity index (χ2n) is 7.02. The van der Waals surface area contributed by atoms with Gasteiger partial charge < -0.3 is 15.0 Å². The molecular weight excluding hydrogens is 402 g/mol. The molecule has 0 saturated carbocycles. The van der Waals surface area contributed by atoms with E-state index in [1.165, 1.54) is 18.2 Å². The summed E-state index contributed by atoms with van der Waals surface area (Å²) in [4.78, 5) is 32.9. The van der Waals surface area contributed by atoms with Crippen molar-refractivity contribution in [3.05, 3.63) is 69.8 Å². The van der Waals surface area contributed by atoms with Gasteiger partial charge in [0.15, 0.2) is 5.82 Å². The number of aromatic nitrogens is 2. The van der Waals surface area contributed by atoms with Gasteiger partial charge in [-0.2, -0.15) is 0 Å². The number of rotatable bonds is 8. The van der Waals surface area contributed by atoms with Crippen LogP contribution < -0.4 is 10.5 Å². The highest BCUT2D eigenvalue weighted by Gasteiger charge is 2.10. The fourth-order valence-electron chi connectivity index (χ4n) is 3.29. The van der Waals surface area contributed by atoms with Crippen molar-refractivity contribution in [2.24, 2.45) is 0 Å². The Labute approximate surface area is 179 Å². The number of benzene rings is 2. The molecule has 156 valence electrons. The molecule has 1 heterocycles. The van der Waals surface area contributed by atoms with Gasteiger partial charge in [0.05, 0.1) is 21.5 Å². The van der Waals surface area contributed by atoms with Crippen molar-refractivity contribution in [3.63, 3.8) is 0 Å². The molecule has 0 spiro atoms. The van der Waals surface area contributed by atoms with Crippen LogP contribution in [0.5, 0.6) is 0 Å². The van der Waals surface area contributed by atoms with Crippen LogP contribution in [0.3, 0.4) is 0 Å². The molecule has 2 aromatic carbocycles. The summed E-state index contributed by atoms with van der Waals surface area (Å²) in [5.74, 6) is -0.887. The van der Waals surface area contributed by atoms with Crippen molar-refractivity contribution in [2.75, 3.05) is 18.0 Å². The van der Waals surface area contributed by atoms with E-state index in [9.17, 15) is 9.59 Å². The number of fused-ring (bicyclic) bond motifs is 1. The molecule has 3 rings (SSSR count). The van der Waals surface area contributed by atoms with Crippen LogP contribution in [0.15, 0.2) is 47.3 Å². The SMILES string of the molecule is CCCN(CCC)c1ccc(/C=C(\Cl)c2nc3cc(C(=O)O)ccc3c(=O)[nH]2)cc1. The molecule has 2 N–H and O–H groups in total. The topological polar surface area (TPSA) is 86.3 Å². The van der Waals surface area contributed by atoms with Crippen LogP contribution in [-0.2, 0) is 0 Å². The van der Waals surface area contributed by atoms with E-state index in [0.717, 1.165) is 37.2 Å². The van der Waals surface area contributed by atoms with Crippen LogP contribution in [-0.4, -0.2) is 34.1 Å². The van der Waals surface area contributed by atoms with Gasteiger partial charge in [-0.25, -0.2) is 9.78 Å². The lowest BCUT2D eigenvalue weighted by atomic mass is 10.1. The maximum absolute atomic E-state index is 12.3. The van der Waals surface area contributed by atoms with Crippen molar-refractivity contribution >= 4 is 45.3 Å². The lowest BCUT2D eigenvalue weighted by Gasteiger charge is -2.23. The molecule has 6 nitrogen and oxygen atoms in total. The molecule has 0 aliphatic rings. The number of halogens is 1. The van der Waals surface area contributed by atoms with E-state index in [-0.39, 0.29) is 27.5 Å². The van der Waals surface area contributed by atoms with Gasteiger partial charge >= 0.3 is 5.97 Å². The highest BCUT2D eigenvalue weighted by molar-refractivity contribution is 6.50. The first kappa shape index (κ1) is 21.6. The summed E-state index contributed by atoms with van der Waals surface area (Å²) in [5.41, 5.74) is 2.00.